The van der Waals surface area contributed by atoms with Gasteiger partial charge in [0.05, 0.1) is 5.52 Å². The molecule has 0 spiro atoms. The average Bonchev–Trinajstić information content (AvgIpc) is 2.73. The van der Waals surface area contributed by atoms with Crippen molar-refractivity contribution in [2.24, 2.45) is 5.73 Å². The van der Waals surface area contributed by atoms with Gasteiger partial charge in [0.25, 0.3) is 0 Å². The molecule has 96 valence electrons. The minimum absolute atomic E-state index is 0.189. The van der Waals surface area contributed by atoms with E-state index in [4.69, 9.17) is 5.73 Å². The maximum absolute atomic E-state index is 14.1. The summed E-state index contributed by atoms with van der Waals surface area (Å²) in [6, 6.07) is 3.68. The van der Waals surface area contributed by atoms with Crippen molar-refractivity contribution in [3.8, 4) is 0 Å². The molecule has 1 heterocycles. The van der Waals surface area contributed by atoms with E-state index in [1.54, 1.807) is 6.07 Å². The number of hydrogen-bond donors (Lipinski definition) is 2. The Balaban J connectivity index is 2.14. The molecule has 0 radical (unpaired) electrons. The normalized spacial score (nSPS) is 19.3. The van der Waals surface area contributed by atoms with Gasteiger partial charge in [-0.15, -0.1) is 0 Å². The van der Waals surface area contributed by atoms with Gasteiger partial charge >= 0.3 is 0 Å². The van der Waals surface area contributed by atoms with E-state index >= 15 is 0 Å². The number of nitrogens with one attached hydrogen (secondary N) is 1. The molecule has 1 aromatic carbocycles. The van der Waals surface area contributed by atoms with E-state index in [0.29, 0.717) is 5.52 Å². The molecule has 18 heavy (non-hydrogen) atoms. The van der Waals surface area contributed by atoms with Crippen LogP contribution in [0.3, 0.4) is 0 Å². The largest absolute Gasteiger partial charge is 0.359 e. The van der Waals surface area contributed by atoms with Gasteiger partial charge in [-0.2, -0.15) is 0 Å². The number of H-pyrrole nitrogens is 1. The Morgan fingerprint density at radius 1 is 1.22 bits per heavy atom. The summed E-state index contributed by atoms with van der Waals surface area (Å²) in [6.45, 7) is 1.99. The van der Waals surface area contributed by atoms with E-state index < -0.39 is 0 Å². The highest BCUT2D eigenvalue weighted by Gasteiger charge is 2.30. The number of aromatic nitrogens is 1. The maximum Gasteiger partial charge on any atom is 0.147 e. The molecule has 1 aromatic heterocycles. The predicted octanol–water partition coefficient (Wildman–Crippen LogP) is 3.73. The van der Waals surface area contributed by atoms with E-state index in [1.807, 2.05) is 13.1 Å². The predicted molar refractivity (Wildman–Crippen MR) is 71.9 cm³/mol. The topological polar surface area (TPSA) is 41.8 Å². The number of benzene rings is 1. The first kappa shape index (κ1) is 11.7. The second-order valence-corrected chi connectivity index (χ2v) is 5.57. The molecular formula is C15H19FN2. The van der Waals surface area contributed by atoms with E-state index in [9.17, 15) is 4.39 Å². The number of aromatic amines is 1. The molecular weight excluding hydrogens is 227 g/mol. The highest BCUT2D eigenvalue weighted by atomic mass is 19.1. The molecule has 0 atom stereocenters. The molecule has 2 aromatic rings. The Bertz CT molecular complexity index is 579. The summed E-state index contributed by atoms with van der Waals surface area (Å²) in [5.74, 6) is -0.189. The van der Waals surface area contributed by atoms with Crippen molar-refractivity contribution in [1.29, 1.82) is 0 Å². The monoisotopic (exact) mass is 246 g/mol. The average molecular weight is 246 g/mol. The fraction of sp³-hybridized carbons (Fsp3) is 0.467. The van der Waals surface area contributed by atoms with Crippen molar-refractivity contribution in [3.63, 3.8) is 0 Å². The number of hydrogen-bond acceptors (Lipinski definition) is 1. The van der Waals surface area contributed by atoms with E-state index in [-0.39, 0.29) is 11.4 Å². The lowest BCUT2D eigenvalue weighted by Crippen LogP contribution is -2.38. The van der Waals surface area contributed by atoms with Crippen molar-refractivity contribution < 1.29 is 4.39 Å². The van der Waals surface area contributed by atoms with Crippen LogP contribution in [0.2, 0.25) is 0 Å². The summed E-state index contributed by atoms with van der Waals surface area (Å²) >= 11 is 0. The van der Waals surface area contributed by atoms with Crippen LogP contribution >= 0.6 is 0 Å². The quantitative estimate of drug-likeness (QED) is 0.791. The molecule has 1 fully saturated rings. The lowest BCUT2D eigenvalue weighted by Gasteiger charge is -2.34. The van der Waals surface area contributed by atoms with Gasteiger partial charge in [-0.1, -0.05) is 19.3 Å². The van der Waals surface area contributed by atoms with Crippen molar-refractivity contribution in [2.75, 3.05) is 0 Å². The van der Waals surface area contributed by atoms with Crippen LogP contribution in [0.1, 0.15) is 43.2 Å². The van der Waals surface area contributed by atoms with Crippen molar-refractivity contribution in [2.45, 2.75) is 44.6 Å². The minimum atomic E-state index is -0.336. The van der Waals surface area contributed by atoms with Gasteiger partial charge < -0.3 is 10.7 Å². The zero-order valence-corrected chi connectivity index (χ0v) is 10.7. The standard InChI is InChI=1S/C15H19FN2/c1-10-9-18-14-12(10)7-11(8-13(14)16)15(17)5-3-2-4-6-15/h7-9,18H,2-6,17H2,1H3. The molecule has 3 rings (SSSR count). The van der Waals surface area contributed by atoms with E-state index in [0.717, 1.165) is 42.2 Å². The maximum atomic E-state index is 14.1. The number of aryl methyl sites for hydroxylation is 1. The molecule has 1 aliphatic rings. The van der Waals surface area contributed by atoms with Crippen molar-refractivity contribution in [1.82, 2.24) is 4.98 Å². The first-order valence-corrected chi connectivity index (χ1v) is 6.67. The third-order valence-corrected chi connectivity index (χ3v) is 4.27. The van der Waals surface area contributed by atoms with Gasteiger partial charge in [0.2, 0.25) is 0 Å². The second kappa shape index (κ2) is 4.09. The van der Waals surface area contributed by atoms with Crippen LogP contribution in [0.25, 0.3) is 10.9 Å². The summed E-state index contributed by atoms with van der Waals surface area (Å²) in [6.07, 6.45) is 7.29. The summed E-state index contributed by atoms with van der Waals surface area (Å²) in [4.78, 5) is 2.98. The zero-order chi connectivity index (χ0) is 12.8. The summed E-state index contributed by atoms with van der Waals surface area (Å²) in [7, 11) is 0. The molecule has 3 heteroatoms. The first-order valence-electron chi connectivity index (χ1n) is 6.67. The van der Waals surface area contributed by atoms with Gasteiger partial charge in [0.1, 0.15) is 5.82 Å². The van der Waals surface area contributed by atoms with E-state index in [1.165, 1.54) is 6.42 Å². The number of rotatable bonds is 1. The van der Waals surface area contributed by atoms with Crippen LogP contribution < -0.4 is 5.73 Å². The summed E-state index contributed by atoms with van der Waals surface area (Å²) < 4.78 is 14.1. The van der Waals surface area contributed by atoms with E-state index in [2.05, 4.69) is 11.1 Å². The highest BCUT2D eigenvalue weighted by molar-refractivity contribution is 5.84. The van der Waals surface area contributed by atoms with Gasteiger partial charge in [0.15, 0.2) is 0 Å². The van der Waals surface area contributed by atoms with Gasteiger partial charge in [0, 0.05) is 17.1 Å². The summed E-state index contributed by atoms with van der Waals surface area (Å²) in [5.41, 5.74) is 8.77. The number of halogens is 1. The van der Waals surface area contributed by atoms with Crippen LogP contribution in [0.15, 0.2) is 18.3 Å². The zero-order valence-electron chi connectivity index (χ0n) is 10.7. The molecule has 0 saturated heterocycles. The first-order chi connectivity index (χ1) is 8.60. The van der Waals surface area contributed by atoms with Crippen LogP contribution in [0, 0.1) is 12.7 Å². The Labute approximate surface area is 106 Å². The third-order valence-electron chi connectivity index (χ3n) is 4.27. The SMILES string of the molecule is Cc1c[nH]c2c(F)cc(C3(N)CCCCC3)cc12. The molecule has 0 amide bonds. The van der Waals surface area contributed by atoms with Crippen LogP contribution in [0.4, 0.5) is 4.39 Å². The van der Waals surface area contributed by atoms with Gasteiger partial charge in [-0.25, -0.2) is 4.39 Å². The Morgan fingerprint density at radius 3 is 2.67 bits per heavy atom. The molecule has 0 aliphatic heterocycles. The van der Waals surface area contributed by atoms with Crippen molar-refractivity contribution >= 4 is 10.9 Å². The lowest BCUT2D eigenvalue weighted by atomic mass is 9.77. The Hall–Kier alpha value is -1.35. The molecule has 2 nitrogen and oxygen atoms in total. The fourth-order valence-corrected chi connectivity index (χ4v) is 3.08. The molecule has 0 bridgehead atoms. The van der Waals surface area contributed by atoms with Crippen LogP contribution in [-0.4, -0.2) is 4.98 Å². The Kier molecular flexibility index (Phi) is 2.67. The number of nitrogens with two attached hydrogens (primary N) is 1. The number of fused-ring (bicyclic) bond motifs is 1. The summed E-state index contributed by atoms with van der Waals surface area (Å²) in [5, 5.41) is 0.959. The van der Waals surface area contributed by atoms with Crippen LogP contribution in [0.5, 0.6) is 0 Å². The molecule has 1 saturated carbocycles. The highest BCUT2D eigenvalue weighted by Crippen LogP contribution is 2.37. The molecule has 1 aliphatic carbocycles. The smallest absolute Gasteiger partial charge is 0.147 e. The molecule has 0 unspecified atom stereocenters. The lowest BCUT2D eigenvalue weighted by molar-refractivity contribution is 0.302. The third kappa shape index (κ3) is 1.74. The van der Waals surface area contributed by atoms with Gasteiger partial charge in [-0.05, 0) is 43.0 Å². The minimum Gasteiger partial charge on any atom is -0.359 e. The fourth-order valence-electron chi connectivity index (χ4n) is 3.08. The van der Waals surface area contributed by atoms with Crippen molar-refractivity contribution in [3.05, 3.63) is 35.3 Å². The Morgan fingerprint density at radius 2 is 1.94 bits per heavy atom. The molecule has 3 N–H and O–H groups in total. The second-order valence-electron chi connectivity index (χ2n) is 5.57. The van der Waals surface area contributed by atoms with Gasteiger partial charge in [-0.3, -0.25) is 0 Å². The van der Waals surface area contributed by atoms with Crippen LogP contribution in [-0.2, 0) is 5.54 Å².